The molecular weight excluding hydrogens is 408 g/mol. The van der Waals surface area contributed by atoms with Crippen molar-refractivity contribution < 1.29 is 19.1 Å². The maximum Gasteiger partial charge on any atom is 0.340 e. The van der Waals surface area contributed by atoms with Crippen molar-refractivity contribution >= 4 is 23.6 Å². The number of hydrogen-bond acceptors (Lipinski definition) is 6. The highest BCUT2D eigenvalue weighted by Gasteiger charge is 2.45. The SMILES string of the molecule is CCCOC(=O)c1ccccc1N1CCN(CCCN2C(=O)C3CCCCN3C2=O)CC1. The summed E-state index contributed by atoms with van der Waals surface area (Å²) >= 11 is 0. The number of benzene rings is 1. The normalized spacial score (nSPS) is 21.8. The first-order valence-electron chi connectivity index (χ1n) is 12.0. The number of urea groups is 1. The monoisotopic (exact) mass is 442 g/mol. The summed E-state index contributed by atoms with van der Waals surface area (Å²) in [4.78, 5) is 45.4. The minimum atomic E-state index is -0.263. The molecule has 3 heterocycles. The van der Waals surface area contributed by atoms with Crippen LogP contribution >= 0.6 is 0 Å². The van der Waals surface area contributed by atoms with E-state index in [0.717, 1.165) is 70.5 Å². The first-order chi connectivity index (χ1) is 15.6. The summed E-state index contributed by atoms with van der Waals surface area (Å²) in [6.45, 7) is 7.91. The Morgan fingerprint density at radius 2 is 1.81 bits per heavy atom. The number of piperidine rings is 1. The van der Waals surface area contributed by atoms with Crippen molar-refractivity contribution in [3.05, 3.63) is 29.8 Å². The molecule has 3 fully saturated rings. The van der Waals surface area contributed by atoms with Gasteiger partial charge in [0.25, 0.3) is 5.91 Å². The largest absolute Gasteiger partial charge is 0.462 e. The lowest BCUT2D eigenvalue weighted by Gasteiger charge is -2.36. The zero-order valence-corrected chi connectivity index (χ0v) is 19.0. The molecule has 8 heteroatoms. The Hall–Kier alpha value is -2.61. The van der Waals surface area contributed by atoms with Crippen molar-refractivity contribution in [1.82, 2.24) is 14.7 Å². The second kappa shape index (κ2) is 10.3. The smallest absolute Gasteiger partial charge is 0.340 e. The zero-order chi connectivity index (χ0) is 22.5. The van der Waals surface area contributed by atoms with Crippen LogP contribution in [0.3, 0.4) is 0 Å². The topological polar surface area (TPSA) is 73.4 Å². The van der Waals surface area contributed by atoms with Crippen LogP contribution in [0.1, 0.15) is 49.4 Å². The van der Waals surface area contributed by atoms with Crippen molar-refractivity contribution in [3.8, 4) is 0 Å². The van der Waals surface area contributed by atoms with Gasteiger partial charge in [-0.05, 0) is 50.8 Å². The van der Waals surface area contributed by atoms with Crippen molar-refractivity contribution in [1.29, 1.82) is 0 Å². The van der Waals surface area contributed by atoms with E-state index in [-0.39, 0.29) is 23.9 Å². The molecule has 0 spiro atoms. The van der Waals surface area contributed by atoms with Crippen LogP contribution in [0.4, 0.5) is 10.5 Å². The summed E-state index contributed by atoms with van der Waals surface area (Å²) in [7, 11) is 0. The minimum Gasteiger partial charge on any atom is -0.462 e. The molecule has 3 aliphatic rings. The number of amides is 3. The first-order valence-corrected chi connectivity index (χ1v) is 12.0. The summed E-state index contributed by atoms with van der Waals surface area (Å²) in [5, 5.41) is 0. The quantitative estimate of drug-likeness (QED) is 0.455. The molecule has 3 amide bonds. The second-order valence-electron chi connectivity index (χ2n) is 8.81. The number of para-hydroxylation sites is 1. The molecular formula is C24H34N4O4. The Kier molecular flexibility index (Phi) is 7.29. The number of anilines is 1. The van der Waals surface area contributed by atoms with Gasteiger partial charge in [0.1, 0.15) is 6.04 Å². The molecule has 1 unspecified atom stereocenters. The van der Waals surface area contributed by atoms with Crippen molar-refractivity contribution in [2.75, 3.05) is 57.3 Å². The Bertz CT molecular complexity index is 813. The average molecular weight is 443 g/mol. The molecule has 0 bridgehead atoms. The highest BCUT2D eigenvalue weighted by molar-refractivity contribution is 6.04. The molecule has 0 aliphatic carbocycles. The Balaban J connectivity index is 1.25. The summed E-state index contributed by atoms with van der Waals surface area (Å²) in [6.07, 6.45) is 4.42. The molecule has 1 atom stereocenters. The minimum absolute atomic E-state index is 0.00825. The third-order valence-electron chi connectivity index (χ3n) is 6.66. The van der Waals surface area contributed by atoms with Gasteiger partial charge < -0.3 is 14.5 Å². The number of imide groups is 1. The predicted octanol–water partition coefficient (Wildman–Crippen LogP) is 2.58. The first kappa shape index (κ1) is 22.6. The standard InChI is InChI=1S/C24H34N4O4/c1-2-18-32-23(30)19-8-3-4-9-20(19)26-16-14-25(15-17-26)11-7-13-28-22(29)21-10-5-6-12-27(21)24(28)31/h3-4,8-9,21H,2,5-7,10-18H2,1H3. The van der Waals surface area contributed by atoms with Crippen LogP contribution in [0.25, 0.3) is 0 Å². The van der Waals surface area contributed by atoms with Gasteiger partial charge in [-0.25, -0.2) is 9.59 Å². The van der Waals surface area contributed by atoms with E-state index in [0.29, 0.717) is 25.3 Å². The molecule has 4 rings (SSSR count). The van der Waals surface area contributed by atoms with E-state index >= 15 is 0 Å². The van der Waals surface area contributed by atoms with E-state index in [1.807, 2.05) is 31.2 Å². The molecule has 3 aliphatic heterocycles. The fraction of sp³-hybridized carbons (Fsp3) is 0.625. The number of carbonyl (C=O) groups is 3. The fourth-order valence-electron chi connectivity index (χ4n) is 4.91. The molecule has 174 valence electrons. The Morgan fingerprint density at radius 3 is 2.56 bits per heavy atom. The molecule has 0 saturated carbocycles. The van der Waals surface area contributed by atoms with Crippen LogP contribution in [-0.2, 0) is 9.53 Å². The Labute approximate surface area is 190 Å². The predicted molar refractivity (Wildman–Crippen MR) is 122 cm³/mol. The second-order valence-corrected chi connectivity index (χ2v) is 8.81. The number of ether oxygens (including phenoxy) is 1. The van der Waals surface area contributed by atoms with E-state index in [4.69, 9.17) is 4.74 Å². The van der Waals surface area contributed by atoms with Gasteiger partial charge in [-0.1, -0.05) is 19.1 Å². The van der Waals surface area contributed by atoms with Gasteiger partial charge in [-0.2, -0.15) is 0 Å². The molecule has 3 saturated heterocycles. The molecule has 1 aromatic rings. The number of nitrogens with zero attached hydrogens (tertiary/aromatic N) is 4. The van der Waals surface area contributed by atoms with Crippen LogP contribution in [-0.4, -0.2) is 91.1 Å². The van der Waals surface area contributed by atoms with Gasteiger partial charge >= 0.3 is 12.0 Å². The van der Waals surface area contributed by atoms with E-state index in [1.165, 1.54) is 4.90 Å². The van der Waals surface area contributed by atoms with Gasteiger partial charge in [0.05, 0.1) is 17.9 Å². The highest BCUT2D eigenvalue weighted by atomic mass is 16.5. The van der Waals surface area contributed by atoms with Gasteiger partial charge in [0, 0.05) is 39.3 Å². The van der Waals surface area contributed by atoms with Crippen LogP contribution < -0.4 is 4.90 Å². The van der Waals surface area contributed by atoms with Crippen molar-refractivity contribution in [3.63, 3.8) is 0 Å². The zero-order valence-electron chi connectivity index (χ0n) is 19.0. The number of piperazine rings is 1. The molecule has 0 radical (unpaired) electrons. The van der Waals surface area contributed by atoms with E-state index in [2.05, 4.69) is 9.80 Å². The highest BCUT2D eigenvalue weighted by Crippen LogP contribution is 2.27. The molecule has 1 aromatic carbocycles. The third kappa shape index (κ3) is 4.75. The van der Waals surface area contributed by atoms with Crippen molar-refractivity contribution in [2.24, 2.45) is 0 Å². The fourth-order valence-corrected chi connectivity index (χ4v) is 4.91. The number of rotatable bonds is 8. The molecule has 0 aromatic heterocycles. The maximum atomic E-state index is 12.6. The summed E-state index contributed by atoms with van der Waals surface area (Å²) in [5.74, 6) is -0.271. The number of hydrogen-bond donors (Lipinski definition) is 0. The average Bonchev–Trinajstić information content (AvgIpc) is 3.08. The van der Waals surface area contributed by atoms with Gasteiger partial charge in [-0.15, -0.1) is 0 Å². The Morgan fingerprint density at radius 1 is 1.03 bits per heavy atom. The van der Waals surface area contributed by atoms with Crippen LogP contribution in [0.5, 0.6) is 0 Å². The van der Waals surface area contributed by atoms with Crippen molar-refractivity contribution in [2.45, 2.75) is 45.1 Å². The summed E-state index contributed by atoms with van der Waals surface area (Å²) in [6, 6.07) is 7.32. The molecule has 0 N–H and O–H groups in total. The third-order valence-corrected chi connectivity index (χ3v) is 6.66. The summed E-state index contributed by atoms with van der Waals surface area (Å²) in [5.41, 5.74) is 1.55. The van der Waals surface area contributed by atoms with E-state index in [9.17, 15) is 14.4 Å². The number of esters is 1. The summed E-state index contributed by atoms with van der Waals surface area (Å²) < 4.78 is 5.35. The van der Waals surface area contributed by atoms with Crippen LogP contribution in [0.2, 0.25) is 0 Å². The maximum absolute atomic E-state index is 12.6. The number of fused-ring (bicyclic) bond motifs is 1. The van der Waals surface area contributed by atoms with E-state index in [1.54, 1.807) is 4.90 Å². The van der Waals surface area contributed by atoms with E-state index < -0.39 is 0 Å². The van der Waals surface area contributed by atoms with Gasteiger partial charge in [-0.3, -0.25) is 14.6 Å². The lowest BCUT2D eigenvalue weighted by atomic mass is 10.0. The lowest BCUT2D eigenvalue weighted by Crippen LogP contribution is -2.47. The molecule has 32 heavy (non-hydrogen) atoms. The lowest BCUT2D eigenvalue weighted by molar-refractivity contribution is -0.128. The van der Waals surface area contributed by atoms with Gasteiger partial charge in [0.15, 0.2) is 0 Å². The number of carbonyl (C=O) groups excluding carboxylic acids is 3. The van der Waals surface area contributed by atoms with Gasteiger partial charge in [0.2, 0.25) is 0 Å². The van der Waals surface area contributed by atoms with Crippen LogP contribution in [0.15, 0.2) is 24.3 Å². The van der Waals surface area contributed by atoms with Crippen LogP contribution in [0, 0.1) is 0 Å². The molecule has 8 nitrogen and oxygen atoms in total.